The van der Waals surface area contributed by atoms with Gasteiger partial charge in [0.25, 0.3) is 0 Å². The molecule has 5 heteroatoms. The Hall–Kier alpha value is -5.16. The summed E-state index contributed by atoms with van der Waals surface area (Å²) < 4.78 is 10.9. The Balaban J connectivity index is 1.31. The first-order valence-corrected chi connectivity index (χ1v) is 16.6. The Bertz CT molecular complexity index is 2270. The van der Waals surface area contributed by atoms with E-state index in [1.54, 1.807) is 0 Å². The van der Waals surface area contributed by atoms with Gasteiger partial charge in [-0.05, 0) is 134 Å². The first-order chi connectivity index (χ1) is 22.6. The third kappa shape index (κ3) is 5.30. The lowest BCUT2D eigenvalue weighted by Gasteiger charge is -2.17. The Labute approximate surface area is 277 Å². The molecule has 7 aromatic rings. The van der Waals surface area contributed by atoms with Gasteiger partial charge in [0.2, 0.25) is 0 Å². The van der Waals surface area contributed by atoms with E-state index in [0.29, 0.717) is 5.92 Å². The van der Waals surface area contributed by atoms with Gasteiger partial charge in [-0.2, -0.15) is 5.10 Å². The van der Waals surface area contributed by atoms with Crippen molar-refractivity contribution in [2.75, 3.05) is 0 Å². The van der Waals surface area contributed by atoms with E-state index in [1.165, 1.54) is 55.3 Å². The molecule has 3 aromatic heterocycles. The number of aromatic nitrogens is 4. The molecular formula is C42H42N4O. The second-order valence-corrected chi connectivity index (χ2v) is 13.1. The van der Waals surface area contributed by atoms with Crippen LogP contribution in [-0.4, -0.2) is 19.3 Å². The highest BCUT2D eigenvalue weighted by atomic mass is 16.5. The van der Waals surface area contributed by atoms with Gasteiger partial charge in [-0.3, -0.25) is 4.57 Å². The molecule has 5 nitrogen and oxygen atoms in total. The molecule has 0 atom stereocenters. The highest BCUT2D eigenvalue weighted by Gasteiger charge is 2.18. The van der Waals surface area contributed by atoms with Gasteiger partial charge >= 0.3 is 0 Å². The van der Waals surface area contributed by atoms with Crippen molar-refractivity contribution in [1.29, 1.82) is 0 Å². The van der Waals surface area contributed by atoms with E-state index in [-0.39, 0.29) is 0 Å². The van der Waals surface area contributed by atoms with Gasteiger partial charge in [-0.1, -0.05) is 39.0 Å². The maximum absolute atomic E-state index is 6.67. The van der Waals surface area contributed by atoms with Crippen molar-refractivity contribution in [3.8, 4) is 34.1 Å². The smallest absolute Gasteiger partial charge is 0.137 e. The second kappa shape index (κ2) is 11.9. The molecule has 0 amide bonds. The molecule has 7 rings (SSSR count). The van der Waals surface area contributed by atoms with Gasteiger partial charge in [-0.15, -0.1) is 0 Å². The SMILES string of the molecule is CCc1ccnc(-n2c3ccccc3c3ccc(Oc4cc(C(C)C)cc(-n5cc(-c6c(C)c(C)c(C)c(C)c6C)cn5)c4)cc32)c1. The van der Waals surface area contributed by atoms with Crippen LogP contribution in [0.3, 0.4) is 0 Å². The van der Waals surface area contributed by atoms with E-state index in [4.69, 9.17) is 14.8 Å². The van der Waals surface area contributed by atoms with Crippen LogP contribution in [-0.2, 0) is 6.42 Å². The summed E-state index contributed by atoms with van der Waals surface area (Å²) in [4.78, 5) is 4.78. The van der Waals surface area contributed by atoms with E-state index in [1.807, 2.05) is 17.1 Å². The van der Waals surface area contributed by atoms with E-state index in [0.717, 1.165) is 46.0 Å². The normalized spacial score (nSPS) is 11.7. The predicted molar refractivity (Wildman–Crippen MR) is 195 cm³/mol. The summed E-state index contributed by atoms with van der Waals surface area (Å²) in [5.74, 6) is 2.79. The van der Waals surface area contributed by atoms with Crippen LogP contribution < -0.4 is 4.74 Å². The van der Waals surface area contributed by atoms with Crippen LogP contribution in [0.25, 0.3) is 44.4 Å². The number of benzene rings is 4. The average Bonchev–Trinajstić information content (AvgIpc) is 3.69. The van der Waals surface area contributed by atoms with Crippen LogP contribution in [0.5, 0.6) is 11.5 Å². The van der Waals surface area contributed by atoms with Gasteiger partial charge in [0.05, 0.1) is 22.9 Å². The number of nitrogens with zero attached hydrogens (tertiary/aromatic N) is 4. The monoisotopic (exact) mass is 618 g/mol. The number of aryl methyl sites for hydroxylation is 1. The molecule has 0 unspecified atom stereocenters. The van der Waals surface area contributed by atoms with Crippen molar-refractivity contribution < 1.29 is 4.74 Å². The molecule has 0 aliphatic heterocycles. The molecule has 3 heterocycles. The molecule has 0 spiro atoms. The molecule has 0 N–H and O–H groups in total. The quantitative estimate of drug-likeness (QED) is 0.178. The Kier molecular flexibility index (Phi) is 7.71. The van der Waals surface area contributed by atoms with Gasteiger partial charge < -0.3 is 4.74 Å². The van der Waals surface area contributed by atoms with Crippen LogP contribution in [0.15, 0.2) is 91.4 Å². The molecule has 0 aliphatic carbocycles. The number of hydrogen-bond acceptors (Lipinski definition) is 3. The molecule has 4 aromatic carbocycles. The first-order valence-electron chi connectivity index (χ1n) is 16.6. The van der Waals surface area contributed by atoms with Gasteiger partial charge in [0.15, 0.2) is 0 Å². The second-order valence-electron chi connectivity index (χ2n) is 13.1. The fourth-order valence-corrected chi connectivity index (χ4v) is 6.86. The molecule has 47 heavy (non-hydrogen) atoms. The molecular weight excluding hydrogens is 576 g/mol. The number of rotatable bonds is 7. The maximum Gasteiger partial charge on any atom is 0.137 e. The summed E-state index contributed by atoms with van der Waals surface area (Å²) in [7, 11) is 0. The Morgan fingerprint density at radius 2 is 1.45 bits per heavy atom. The standard InChI is InChI=1S/C42H42N4O/c1-9-31-16-17-43-41(18-31)46-39-13-11-10-12-37(39)38-15-14-35(22-40(38)46)47-36-20-32(25(2)3)19-34(21-36)45-24-33(23-44-45)42-29(7)27(5)26(4)28(6)30(42)8/h10-25H,9H2,1-8H3. The lowest BCUT2D eigenvalue weighted by Crippen LogP contribution is -2.00. The molecule has 0 bridgehead atoms. The number of pyridine rings is 1. The van der Waals surface area contributed by atoms with Gasteiger partial charge in [0.1, 0.15) is 17.3 Å². The van der Waals surface area contributed by atoms with Gasteiger partial charge in [-0.25, -0.2) is 9.67 Å². The highest BCUT2D eigenvalue weighted by molar-refractivity contribution is 6.09. The fourth-order valence-electron chi connectivity index (χ4n) is 6.86. The van der Waals surface area contributed by atoms with E-state index in [9.17, 15) is 0 Å². The zero-order valence-corrected chi connectivity index (χ0v) is 28.6. The van der Waals surface area contributed by atoms with Gasteiger partial charge in [0, 0.05) is 40.9 Å². The van der Waals surface area contributed by atoms with Crippen molar-refractivity contribution in [1.82, 2.24) is 19.3 Å². The number of fused-ring (bicyclic) bond motifs is 3. The molecule has 236 valence electrons. The average molecular weight is 619 g/mol. The van der Waals surface area contributed by atoms with E-state index in [2.05, 4.69) is 139 Å². The predicted octanol–water partition coefficient (Wildman–Crippen LogP) is 11.1. The largest absolute Gasteiger partial charge is 0.457 e. The minimum atomic E-state index is 0.321. The lowest BCUT2D eigenvalue weighted by molar-refractivity contribution is 0.481. The van der Waals surface area contributed by atoms with Crippen molar-refractivity contribution in [2.45, 2.75) is 67.7 Å². The third-order valence-electron chi connectivity index (χ3n) is 10.0. The van der Waals surface area contributed by atoms with Crippen LogP contribution in [0.4, 0.5) is 0 Å². The summed E-state index contributed by atoms with van der Waals surface area (Å²) in [5, 5.41) is 7.22. The van der Waals surface area contributed by atoms with Crippen molar-refractivity contribution in [3.63, 3.8) is 0 Å². The first kappa shape index (κ1) is 30.5. The zero-order valence-electron chi connectivity index (χ0n) is 28.6. The van der Waals surface area contributed by atoms with Crippen molar-refractivity contribution >= 4 is 21.8 Å². The molecule has 0 radical (unpaired) electrons. The van der Waals surface area contributed by atoms with E-state index >= 15 is 0 Å². The Morgan fingerprint density at radius 3 is 2.19 bits per heavy atom. The summed E-state index contributed by atoms with van der Waals surface area (Å²) >= 11 is 0. The van der Waals surface area contributed by atoms with Crippen LogP contribution in [0.2, 0.25) is 0 Å². The summed E-state index contributed by atoms with van der Waals surface area (Å²) in [6, 6.07) is 25.6. The number of para-hydroxylation sites is 1. The third-order valence-corrected chi connectivity index (χ3v) is 10.0. The zero-order chi connectivity index (χ0) is 33.0. The van der Waals surface area contributed by atoms with Crippen LogP contribution in [0, 0.1) is 34.6 Å². The molecule has 0 saturated heterocycles. The van der Waals surface area contributed by atoms with Crippen LogP contribution >= 0.6 is 0 Å². The topological polar surface area (TPSA) is 44.9 Å². The Morgan fingerprint density at radius 1 is 0.723 bits per heavy atom. The van der Waals surface area contributed by atoms with Crippen molar-refractivity contribution in [3.05, 3.63) is 130 Å². The van der Waals surface area contributed by atoms with E-state index < -0.39 is 0 Å². The number of hydrogen-bond donors (Lipinski definition) is 0. The summed E-state index contributed by atoms with van der Waals surface area (Å²) in [6.45, 7) is 17.7. The van der Waals surface area contributed by atoms with Crippen LogP contribution in [0.1, 0.15) is 65.6 Å². The molecule has 0 aliphatic rings. The highest BCUT2D eigenvalue weighted by Crippen LogP contribution is 2.37. The molecule has 0 saturated carbocycles. The lowest BCUT2D eigenvalue weighted by atomic mass is 9.87. The van der Waals surface area contributed by atoms with Crippen molar-refractivity contribution in [2.24, 2.45) is 0 Å². The fraction of sp³-hybridized carbons (Fsp3) is 0.238. The minimum Gasteiger partial charge on any atom is -0.457 e. The summed E-state index contributed by atoms with van der Waals surface area (Å²) in [6.07, 6.45) is 6.99. The summed E-state index contributed by atoms with van der Waals surface area (Å²) in [5.41, 5.74) is 14.7. The maximum atomic E-state index is 6.67. The molecule has 0 fully saturated rings. The minimum absolute atomic E-state index is 0.321. The number of ether oxygens (including phenoxy) is 1.